The van der Waals surface area contributed by atoms with Crippen LogP contribution in [0.4, 0.5) is 0 Å². The largest absolute Gasteiger partial charge is 0.439 e. The first kappa shape index (κ1) is 69.9. The van der Waals surface area contributed by atoms with Gasteiger partial charge in [-0.2, -0.15) is 0 Å². The average molecular weight is 966 g/mol. The Bertz CT molecular complexity index is 1090. The molecule has 55 heavy (non-hydrogen) atoms. The molecule has 0 aromatic carbocycles. The Kier molecular flexibility index (Phi) is 46.0. The molecule has 1 rings (SSSR count). The third kappa shape index (κ3) is 61.1. The van der Waals surface area contributed by atoms with Gasteiger partial charge in [0.25, 0.3) is 9.28 Å². The monoisotopic (exact) mass is 964 g/mol. The summed E-state index contributed by atoms with van der Waals surface area (Å²) in [7, 11) is -0.351. The molecule has 0 aliphatic rings. The molecule has 1 heterocycles. The van der Waals surface area contributed by atoms with Crippen molar-refractivity contribution in [3.63, 3.8) is 0 Å². The van der Waals surface area contributed by atoms with Crippen molar-refractivity contribution in [3.05, 3.63) is 61.9 Å². The summed E-state index contributed by atoms with van der Waals surface area (Å²) >= 11 is 0. The number of nitrogens with zero attached hydrogens (tertiary/aromatic N) is 3. The average Bonchev–Trinajstić information content (AvgIpc) is 2.97. The van der Waals surface area contributed by atoms with Gasteiger partial charge in [-0.05, 0) is 84.9 Å². The topological polar surface area (TPSA) is 65.3 Å². The van der Waals surface area contributed by atoms with Gasteiger partial charge < -0.3 is 20.1 Å². The molecule has 0 aliphatic carbocycles. The smallest absolute Gasteiger partial charge is 0.297 e. The normalized spacial score (nSPS) is 12.6. The second kappa shape index (κ2) is 36.2. The fourth-order valence-electron chi connectivity index (χ4n) is 3.06. The van der Waals surface area contributed by atoms with E-state index in [2.05, 4.69) is 159 Å². The van der Waals surface area contributed by atoms with E-state index in [1.165, 1.54) is 26.5 Å². The first-order chi connectivity index (χ1) is 23.6. The van der Waals surface area contributed by atoms with Crippen LogP contribution in [0.1, 0.15) is 32.2 Å². The quantitative estimate of drug-likeness (QED) is 0.0855. The van der Waals surface area contributed by atoms with E-state index in [0.29, 0.717) is 6.61 Å². The third-order valence-electron chi connectivity index (χ3n) is 7.03. The Morgan fingerprint density at radius 2 is 1.16 bits per heavy atom. The van der Waals surface area contributed by atoms with Gasteiger partial charge in [-0.1, -0.05) is 95.2 Å². The molecule has 0 aliphatic heterocycles. The molecule has 16 heteroatoms. The van der Waals surface area contributed by atoms with Gasteiger partial charge in [0.05, 0.1) is 37.5 Å². The zero-order chi connectivity index (χ0) is 43.4. The van der Waals surface area contributed by atoms with Crippen molar-refractivity contribution in [1.82, 2.24) is 4.98 Å². The van der Waals surface area contributed by atoms with E-state index in [1.54, 1.807) is 26.2 Å². The first-order valence-corrected chi connectivity index (χ1v) is 44.3. The fourth-order valence-corrected chi connectivity index (χ4v) is 18.1. The van der Waals surface area contributed by atoms with Crippen molar-refractivity contribution in [1.29, 1.82) is 0 Å². The summed E-state index contributed by atoms with van der Waals surface area (Å²) in [5.41, 5.74) is 5.78. The van der Waals surface area contributed by atoms with Crippen LogP contribution in [-0.2, 0) is 29.4 Å². The summed E-state index contributed by atoms with van der Waals surface area (Å²) in [4.78, 5) is 12.7. The maximum absolute atomic E-state index is 5.90. The SMILES string of the molecule is C=CCO[Si](C)C.C=C[Si](C)(C)C.CC([SiH3])[Si](C)(C)C.CN=C(C)c1cccc(C(C)=NC)n1.C[SiH](O[Si](C)(C)C)O[Si](C)(C)C.C[Si](C)(C)CC[SiH3].[CH3-].[Co]. The molecule has 0 amide bonds. The number of pyridine rings is 1. The van der Waals surface area contributed by atoms with Gasteiger partial charge in [0.1, 0.15) is 0 Å². The minimum atomic E-state index is -1.36. The molecule has 1 aromatic rings. The maximum Gasteiger partial charge on any atom is 0.297 e. The molecule has 0 saturated heterocycles. The van der Waals surface area contributed by atoms with E-state index in [4.69, 9.17) is 12.7 Å². The Hall–Kier alpha value is 0.308. The Morgan fingerprint density at radius 3 is 1.31 bits per heavy atom. The van der Waals surface area contributed by atoms with Gasteiger partial charge in [0, 0.05) is 67.5 Å². The predicted molar refractivity (Wildman–Crippen MR) is 282 cm³/mol. The molecule has 6 nitrogen and oxygen atoms in total. The molecule has 2 radical (unpaired) electrons. The summed E-state index contributed by atoms with van der Waals surface area (Å²) in [6.45, 7) is 55.2. The molecule has 0 saturated carbocycles. The van der Waals surface area contributed by atoms with E-state index < -0.39 is 59.2 Å². The van der Waals surface area contributed by atoms with Crippen LogP contribution < -0.4 is 0 Å². The molecule has 1 aromatic heterocycles. The molecular weight excluding hydrogens is 870 g/mol. The predicted octanol–water partition coefficient (Wildman–Crippen LogP) is 10.6. The van der Waals surface area contributed by atoms with Crippen molar-refractivity contribution >= 4 is 91.1 Å². The van der Waals surface area contributed by atoms with Gasteiger partial charge in [-0.3, -0.25) is 9.98 Å². The summed E-state index contributed by atoms with van der Waals surface area (Å²) in [6, 6.07) is 8.93. The van der Waals surface area contributed by atoms with Crippen LogP contribution >= 0.6 is 0 Å². The molecule has 1 unspecified atom stereocenters. The number of aromatic nitrogens is 1. The van der Waals surface area contributed by atoms with E-state index in [1.807, 2.05) is 32.0 Å². The molecule has 0 bridgehead atoms. The van der Waals surface area contributed by atoms with Crippen LogP contribution in [0.25, 0.3) is 0 Å². The molecular formula is C39H95CoN3O3Si9-. The number of rotatable bonds is 13. The van der Waals surface area contributed by atoms with Crippen LogP contribution in [-0.4, -0.2) is 117 Å². The Labute approximate surface area is 371 Å². The standard InChI is InChI=1S/C11H15N3.C7H22O2Si3.C5H11OSi.2C5H16Si2.C5H12Si.CH3.Co/c1-8(12-3)10-6-5-7-11(14-10)9(2)13-4;1-10(8-11(2,3)4)9-12(5,6)7;1-4-5-6-7(2)3;1-7(2,3)5-4-6;1-5(6)7(2,3)4;1-5-6(2,3)4;;/h5-7H,1-4H3;10H,1-7H3;4H,1,5H2,2-3H3;4-5H2,1-3,6H3;5H,1-4,6H3;5H,1H2,2-4H3;1H3;/q;;;;;;-1;. The van der Waals surface area contributed by atoms with E-state index in [0.717, 1.165) is 28.0 Å². The van der Waals surface area contributed by atoms with Crippen molar-refractivity contribution in [2.45, 2.75) is 156 Å². The van der Waals surface area contributed by atoms with Gasteiger partial charge >= 0.3 is 0 Å². The zero-order valence-corrected chi connectivity index (χ0v) is 53.7. The molecule has 330 valence electrons. The molecule has 0 spiro atoms. The van der Waals surface area contributed by atoms with Gasteiger partial charge in [0.15, 0.2) is 16.6 Å². The second-order valence-corrected chi connectivity index (χ2v) is 53.1. The first-order valence-electron chi connectivity index (χ1n) is 19.5. The van der Waals surface area contributed by atoms with Crippen LogP contribution in [0.3, 0.4) is 0 Å². The zero-order valence-electron chi connectivity index (χ0n) is 41.5. The minimum Gasteiger partial charge on any atom is -0.439 e. The number of hydrogen-bond donors (Lipinski definition) is 0. The van der Waals surface area contributed by atoms with E-state index >= 15 is 0 Å². The molecule has 1 atom stereocenters. The summed E-state index contributed by atoms with van der Waals surface area (Å²) in [6.07, 6.45) is 1.78. The maximum atomic E-state index is 5.90. The second-order valence-electron chi connectivity index (χ2n) is 19.0. The van der Waals surface area contributed by atoms with Gasteiger partial charge in [0.2, 0.25) is 9.04 Å². The summed E-state index contributed by atoms with van der Waals surface area (Å²) in [5.74, 6) is 0. The number of aliphatic imine (C=N–C) groups is 2. The minimum absolute atomic E-state index is 0. The Balaban J connectivity index is -0.000000103. The molecule has 0 N–H and O–H groups in total. The van der Waals surface area contributed by atoms with Crippen LogP contribution in [0.15, 0.2) is 53.1 Å². The Morgan fingerprint density at radius 1 is 0.836 bits per heavy atom. The summed E-state index contributed by atoms with van der Waals surface area (Å²) in [5, 5.41) is 1.08. The van der Waals surface area contributed by atoms with Crippen LogP contribution in [0, 0.1) is 7.43 Å². The van der Waals surface area contributed by atoms with Gasteiger partial charge in [-0.25, -0.2) is 4.98 Å². The van der Waals surface area contributed by atoms with Crippen LogP contribution in [0.5, 0.6) is 0 Å². The van der Waals surface area contributed by atoms with Crippen molar-refractivity contribution in [3.8, 4) is 0 Å². The molecule has 0 fully saturated rings. The van der Waals surface area contributed by atoms with Crippen LogP contribution in [0.2, 0.25) is 135 Å². The van der Waals surface area contributed by atoms with Crippen molar-refractivity contribution in [2.75, 3.05) is 20.7 Å². The van der Waals surface area contributed by atoms with E-state index in [-0.39, 0.29) is 24.2 Å². The van der Waals surface area contributed by atoms with Crippen molar-refractivity contribution in [2.24, 2.45) is 9.98 Å². The number of hydrogen-bond acceptors (Lipinski definition) is 6. The third-order valence-corrected chi connectivity index (χ3v) is 29.5. The van der Waals surface area contributed by atoms with Crippen molar-refractivity contribution < 1.29 is 29.4 Å². The van der Waals surface area contributed by atoms with E-state index in [9.17, 15) is 0 Å². The van der Waals surface area contributed by atoms with Gasteiger partial charge in [-0.15, -0.1) is 18.9 Å². The summed E-state index contributed by atoms with van der Waals surface area (Å²) < 4.78 is 17.0. The fraction of sp³-hybridized carbons (Fsp3) is 0.692.